The normalized spacial score (nSPS) is 15.9. The highest BCUT2D eigenvalue weighted by atomic mass is 35.5. The number of alkyl halides is 1. The van der Waals surface area contributed by atoms with Crippen LogP contribution >= 0.6 is 58.4 Å². The molecule has 0 saturated heterocycles. The average Bonchev–Trinajstić information content (AvgIpc) is 3.27. The van der Waals surface area contributed by atoms with E-state index in [9.17, 15) is 15.2 Å². The number of hydrazone groups is 1. The molecule has 0 bridgehead atoms. The van der Waals surface area contributed by atoms with Gasteiger partial charge in [0.1, 0.15) is 17.0 Å². The number of hydrogen-bond acceptors (Lipinski definition) is 7. The van der Waals surface area contributed by atoms with Crippen LogP contribution in [0, 0.1) is 14.9 Å². The summed E-state index contributed by atoms with van der Waals surface area (Å²) in [5.41, 5.74) is -0.260. The zero-order valence-corrected chi connectivity index (χ0v) is 22.9. The lowest BCUT2D eigenvalue weighted by Crippen LogP contribution is -2.47. The molecule has 11 nitrogen and oxygen atoms in total. The summed E-state index contributed by atoms with van der Waals surface area (Å²) in [6, 6.07) is 7.48. The number of benzene rings is 1. The summed E-state index contributed by atoms with van der Waals surface area (Å²) in [6.07, 6.45) is 5.02. The fraction of sp³-hybridized carbons (Fsp3) is 0.400. The first kappa shape index (κ1) is 28.3. The smallest absolute Gasteiger partial charge is 0.268 e. The SMILES string of the molecule is CN/C(=N\[N+](=O)[O-])NCc1cnc(Cl)s1.OC(Cc1ccccc1Cl)(Cn1[nH]cnc1=S)C1(Cl)CC1. The molecule has 0 spiro atoms. The van der Waals surface area contributed by atoms with Crippen LogP contribution in [0.15, 0.2) is 41.9 Å². The van der Waals surface area contributed by atoms with Crippen LogP contribution in [-0.4, -0.2) is 53.4 Å². The van der Waals surface area contributed by atoms with Gasteiger partial charge in [0.2, 0.25) is 4.77 Å². The second-order valence-corrected chi connectivity index (χ2v) is 11.1. The fourth-order valence-corrected chi connectivity index (χ4v) is 4.84. The number of aliphatic hydroxyl groups is 1. The second kappa shape index (κ2) is 12.3. The minimum atomic E-state index is -1.13. The van der Waals surface area contributed by atoms with Crippen LogP contribution in [0.25, 0.3) is 0 Å². The third-order valence-corrected chi connectivity index (χ3v) is 7.92. The number of aromatic amines is 1. The monoisotopic (exact) mass is 592 g/mol. The lowest BCUT2D eigenvalue weighted by Gasteiger charge is -2.33. The van der Waals surface area contributed by atoms with Crippen molar-refractivity contribution < 1.29 is 10.1 Å². The molecule has 1 aromatic carbocycles. The molecular weight excluding hydrogens is 571 g/mol. The number of H-pyrrole nitrogens is 1. The van der Waals surface area contributed by atoms with E-state index in [0.29, 0.717) is 27.2 Å². The zero-order chi connectivity index (χ0) is 26.3. The summed E-state index contributed by atoms with van der Waals surface area (Å²) in [5, 5.41) is 32.4. The predicted octanol–water partition coefficient (Wildman–Crippen LogP) is 3.99. The molecule has 1 atom stereocenters. The molecule has 3 aromatic rings. The Morgan fingerprint density at radius 1 is 1.42 bits per heavy atom. The number of nitro groups is 1. The summed E-state index contributed by atoms with van der Waals surface area (Å²) < 4.78 is 2.46. The standard InChI is InChI=1S/C14H15Cl2N3OS.C6H8ClN5O2S/c15-11-4-2-1-3-10(11)7-14(20,13(16)5-6-13)8-19-12(21)17-9-18-19;1-8-6(11-12(13)14)10-3-4-2-9-5(7)15-4/h1-4,9,20H,5-8H2,(H,17,18,21);2H,3H2,1H3,(H2,8,10,11). The third kappa shape index (κ3) is 7.60. The second-order valence-electron chi connectivity index (χ2n) is 7.89. The van der Waals surface area contributed by atoms with Gasteiger partial charge in [-0.2, -0.15) is 0 Å². The summed E-state index contributed by atoms with van der Waals surface area (Å²) in [7, 11) is 1.54. The summed E-state index contributed by atoms with van der Waals surface area (Å²) >= 11 is 24.8. The van der Waals surface area contributed by atoms with Crippen LogP contribution in [0.1, 0.15) is 23.3 Å². The molecule has 1 aliphatic carbocycles. The Balaban J connectivity index is 0.000000214. The largest absolute Gasteiger partial charge is 0.386 e. The number of halogens is 3. The molecule has 1 unspecified atom stereocenters. The highest BCUT2D eigenvalue weighted by molar-refractivity contribution is 7.71. The zero-order valence-electron chi connectivity index (χ0n) is 18.9. The Hall–Kier alpha value is -2.29. The van der Waals surface area contributed by atoms with E-state index in [4.69, 9.17) is 47.0 Å². The lowest BCUT2D eigenvalue weighted by molar-refractivity contribution is -0.485. The van der Waals surface area contributed by atoms with Crippen molar-refractivity contribution in [2.45, 2.75) is 42.8 Å². The topological polar surface area (TPSA) is 146 Å². The van der Waals surface area contributed by atoms with E-state index in [2.05, 4.69) is 30.8 Å². The van der Waals surface area contributed by atoms with Crippen molar-refractivity contribution in [2.24, 2.45) is 5.10 Å². The number of aromatic nitrogens is 4. The van der Waals surface area contributed by atoms with Crippen molar-refractivity contribution in [3.05, 3.63) is 71.6 Å². The molecule has 1 fully saturated rings. The Labute approximate surface area is 230 Å². The van der Waals surface area contributed by atoms with Crippen molar-refractivity contribution in [3.8, 4) is 0 Å². The van der Waals surface area contributed by atoms with E-state index >= 15 is 0 Å². The van der Waals surface area contributed by atoms with Crippen molar-refractivity contribution >= 4 is 64.3 Å². The van der Waals surface area contributed by atoms with Gasteiger partial charge in [-0.1, -0.05) is 41.4 Å². The Morgan fingerprint density at radius 3 is 2.67 bits per heavy atom. The van der Waals surface area contributed by atoms with Crippen LogP contribution in [0.4, 0.5) is 0 Å². The van der Waals surface area contributed by atoms with Crippen molar-refractivity contribution in [3.63, 3.8) is 0 Å². The van der Waals surface area contributed by atoms with E-state index in [1.54, 1.807) is 10.9 Å². The minimum absolute atomic E-state index is 0.0875. The predicted molar refractivity (Wildman–Crippen MR) is 143 cm³/mol. The molecule has 0 radical (unpaired) electrons. The van der Waals surface area contributed by atoms with Crippen LogP contribution in [0.3, 0.4) is 0 Å². The number of nitrogens with zero attached hydrogens (tertiary/aromatic N) is 5. The van der Waals surface area contributed by atoms with Crippen LogP contribution in [0.5, 0.6) is 0 Å². The maximum absolute atomic E-state index is 11.2. The highest BCUT2D eigenvalue weighted by Crippen LogP contribution is 2.53. The fourth-order valence-electron chi connectivity index (χ4n) is 3.33. The van der Waals surface area contributed by atoms with Gasteiger partial charge in [-0.05, 0) is 36.7 Å². The molecule has 0 amide bonds. The van der Waals surface area contributed by atoms with Gasteiger partial charge in [0.15, 0.2) is 9.50 Å². The first-order valence-electron chi connectivity index (χ1n) is 10.5. The molecule has 1 aliphatic rings. The summed E-state index contributed by atoms with van der Waals surface area (Å²) in [6.45, 7) is 0.651. The summed E-state index contributed by atoms with van der Waals surface area (Å²) in [5.74, 6) is 0.0875. The van der Waals surface area contributed by atoms with E-state index in [1.807, 2.05) is 24.3 Å². The molecule has 1 saturated carbocycles. The van der Waals surface area contributed by atoms with Crippen molar-refractivity contribution in [1.82, 2.24) is 30.4 Å². The first-order chi connectivity index (χ1) is 17.0. The highest BCUT2D eigenvalue weighted by Gasteiger charge is 2.58. The van der Waals surface area contributed by atoms with Gasteiger partial charge in [0, 0.05) is 29.6 Å². The van der Waals surface area contributed by atoms with E-state index in [-0.39, 0.29) is 12.5 Å². The number of guanidine groups is 1. The number of nitrogens with one attached hydrogen (secondary N) is 3. The Bertz CT molecular complexity index is 1280. The molecule has 2 heterocycles. The Morgan fingerprint density at radius 2 is 2.14 bits per heavy atom. The number of hydrogen-bond donors (Lipinski definition) is 4. The third-order valence-electron chi connectivity index (χ3n) is 5.38. The molecular formula is C20H23Cl3N8O3S2. The average molecular weight is 594 g/mol. The van der Waals surface area contributed by atoms with E-state index in [0.717, 1.165) is 23.3 Å². The van der Waals surface area contributed by atoms with Gasteiger partial charge in [-0.15, -0.1) is 22.9 Å². The van der Waals surface area contributed by atoms with Crippen molar-refractivity contribution in [2.75, 3.05) is 7.05 Å². The molecule has 2 aromatic heterocycles. The van der Waals surface area contributed by atoms with E-state index in [1.165, 1.54) is 24.7 Å². The number of thiazole rings is 1. The van der Waals surface area contributed by atoms with E-state index < -0.39 is 15.5 Å². The lowest BCUT2D eigenvalue weighted by atomic mass is 9.89. The maximum atomic E-state index is 11.2. The quantitative estimate of drug-likeness (QED) is 0.0766. The molecule has 194 valence electrons. The number of rotatable bonds is 8. The molecule has 4 rings (SSSR count). The van der Waals surface area contributed by atoms with Gasteiger partial charge in [0.05, 0.1) is 18.0 Å². The Kier molecular flexibility index (Phi) is 9.66. The van der Waals surface area contributed by atoms with Gasteiger partial charge in [0.25, 0.3) is 5.96 Å². The maximum Gasteiger partial charge on any atom is 0.268 e. The van der Waals surface area contributed by atoms with Crippen LogP contribution < -0.4 is 10.6 Å². The van der Waals surface area contributed by atoms with Gasteiger partial charge in [-0.3, -0.25) is 9.78 Å². The first-order valence-corrected chi connectivity index (χ1v) is 12.9. The minimum Gasteiger partial charge on any atom is -0.386 e. The molecule has 0 aliphatic heterocycles. The summed E-state index contributed by atoms with van der Waals surface area (Å²) in [4.78, 5) is 18.1. The van der Waals surface area contributed by atoms with Crippen LogP contribution in [-0.2, 0) is 19.5 Å². The van der Waals surface area contributed by atoms with Gasteiger partial charge >= 0.3 is 0 Å². The van der Waals surface area contributed by atoms with Crippen molar-refractivity contribution in [1.29, 1.82) is 0 Å². The van der Waals surface area contributed by atoms with Crippen LogP contribution in [0.2, 0.25) is 9.49 Å². The molecule has 36 heavy (non-hydrogen) atoms. The molecule has 16 heteroatoms. The molecule has 4 N–H and O–H groups in total. The van der Waals surface area contributed by atoms with Gasteiger partial charge in [-0.25, -0.2) is 20.1 Å². The van der Waals surface area contributed by atoms with Gasteiger partial charge < -0.3 is 15.7 Å².